The number of aromatic hydroxyl groups is 1. The molecule has 1 rings (SSSR count). The molecule has 0 heterocycles. The quantitative estimate of drug-likeness (QED) is 0.885. The van der Waals surface area contributed by atoms with Crippen molar-refractivity contribution in [2.24, 2.45) is 0 Å². The maximum atomic E-state index is 11.6. The summed E-state index contributed by atoms with van der Waals surface area (Å²) in [5, 5.41) is 12.6. The van der Waals surface area contributed by atoms with Crippen molar-refractivity contribution in [2.75, 3.05) is 6.54 Å². The van der Waals surface area contributed by atoms with Crippen LogP contribution in [0.3, 0.4) is 0 Å². The van der Waals surface area contributed by atoms with Crippen molar-refractivity contribution >= 4 is 6.09 Å². The van der Waals surface area contributed by atoms with Crippen molar-refractivity contribution in [3.8, 4) is 5.75 Å². The van der Waals surface area contributed by atoms with Crippen molar-refractivity contribution in [1.29, 1.82) is 0 Å². The van der Waals surface area contributed by atoms with Crippen LogP contribution in [0, 0.1) is 0 Å². The third kappa shape index (κ3) is 5.11. The average molecular weight is 279 g/mol. The summed E-state index contributed by atoms with van der Waals surface area (Å²) in [6.07, 6.45) is 0.255. The smallest absolute Gasteiger partial charge is 0.407 e. The van der Waals surface area contributed by atoms with Crippen LogP contribution in [-0.4, -0.2) is 23.3 Å². The molecule has 0 saturated heterocycles. The van der Waals surface area contributed by atoms with Crippen LogP contribution >= 0.6 is 0 Å². The summed E-state index contributed by atoms with van der Waals surface area (Å²) in [6.45, 7) is 10.1. The third-order valence-electron chi connectivity index (χ3n) is 2.81. The molecule has 1 aromatic rings. The molecule has 1 aromatic carbocycles. The predicted octanol–water partition coefficient (Wildman–Crippen LogP) is 3.58. The first-order valence-electron chi connectivity index (χ1n) is 6.98. The van der Waals surface area contributed by atoms with Crippen LogP contribution in [0.25, 0.3) is 0 Å². The molecule has 0 atom stereocenters. The first-order valence-corrected chi connectivity index (χ1v) is 6.98. The Morgan fingerprint density at radius 2 is 2.00 bits per heavy atom. The number of ether oxygens (including phenoxy) is 1. The van der Waals surface area contributed by atoms with Gasteiger partial charge < -0.3 is 15.2 Å². The van der Waals surface area contributed by atoms with Gasteiger partial charge in [-0.1, -0.05) is 26.0 Å². The van der Waals surface area contributed by atoms with Crippen molar-refractivity contribution in [2.45, 2.75) is 52.6 Å². The van der Waals surface area contributed by atoms with Gasteiger partial charge >= 0.3 is 6.09 Å². The fourth-order valence-electron chi connectivity index (χ4n) is 2.10. The van der Waals surface area contributed by atoms with Gasteiger partial charge in [-0.15, -0.1) is 0 Å². The molecule has 4 heteroatoms. The molecule has 0 unspecified atom stereocenters. The van der Waals surface area contributed by atoms with E-state index in [0.717, 1.165) is 11.1 Å². The third-order valence-corrected chi connectivity index (χ3v) is 2.81. The van der Waals surface area contributed by atoms with E-state index in [9.17, 15) is 9.90 Å². The molecular formula is C16H25NO3. The molecule has 1 amide bonds. The number of phenols is 1. The molecule has 0 aliphatic rings. The summed E-state index contributed by atoms with van der Waals surface area (Å²) >= 11 is 0. The zero-order valence-corrected chi connectivity index (χ0v) is 13.0. The van der Waals surface area contributed by atoms with Crippen LogP contribution in [0.5, 0.6) is 5.75 Å². The second-order valence-corrected chi connectivity index (χ2v) is 6.18. The van der Waals surface area contributed by atoms with Gasteiger partial charge in [-0.3, -0.25) is 0 Å². The zero-order chi connectivity index (χ0) is 15.3. The van der Waals surface area contributed by atoms with Crippen molar-refractivity contribution in [1.82, 2.24) is 5.32 Å². The standard InChI is InChI=1S/C16H25NO3/c1-11(2)14-12(7-6-8-13(14)18)9-10-17-15(19)20-16(3,4)5/h6-8,11,18H,9-10H2,1-5H3,(H,17,19). The van der Waals surface area contributed by atoms with Gasteiger partial charge in [0.1, 0.15) is 11.4 Å². The molecule has 0 aliphatic heterocycles. The van der Waals surface area contributed by atoms with Crippen LogP contribution < -0.4 is 5.32 Å². The van der Waals surface area contributed by atoms with Gasteiger partial charge in [0, 0.05) is 6.54 Å². The van der Waals surface area contributed by atoms with Gasteiger partial charge in [-0.2, -0.15) is 0 Å². The highest BCUT2D eigenvalue weighted by Crippen LogP contribution is 2.28. The lowest BCUT2D eigenvalue weighted by Crippen LogP contribution is -2.33. The molecule has 0 aromatic heterocycles. The first kappa shape index (κ1) is 16.3. The number of benzene rings is 1. The Labute approximate surface area is 121 Å². The van der Waals surface area contributed by atoms with Gasteiger partial charge in [0.15, 0.2) is 0 Å². The van der Waals surface area contributed by atoms with E-state index >= 15 is 0 Å². The van der Waals surface area contributed by atoms with E-state index in [1.54, 1.807) is 6.07 Å². The summed E-state index contributed by atoms with van der Waals surface area (Å²) in [5.41, 5.74) is 1.51. The second-order valence-electron chi connectivity index (χ2n) is 6.18. The highest BCUT2D eigenvalue weighted by Gasteiger charge is 2.16. The molecule has 0 spiro atoms. The van der Waals surface area contributed by atoms with E-state index in [0.29, 0.717) is 18.7 Å². The number of nitrogens with one attached hydrogen (secondary N) is 1. The lowest BCUT2D eigenvalue weighted by molar-refractivity contribution is 0.0528. The fraction of sp³-hybridized carbons (Fsp3) is 0.562. The number of carbonyl (C=O) groups excluding carboxylic acids is 1. The molecule has 0 aliphatic carbocycles. The minimum atomic E-state index is -0.488. The van der Waals surface area contributed by atoms with Crippen molar-refractivity contribution in [3.05, 3.63) is 29.3 Å². The Hall–Kier alpha value is -1.71. The maximum absolute atomic E-state index is 11.6. The predicted molar refractivity (Wildman–Crippen MR) is 80.1 cm³/mol. The Morgan fingerprint density at radius 3 is 2.55 bits per heavy atom. The highest BCUT2D eigenvalue weighted by atomic mass is 16.6. The van der Waals surface area contributed by atoms with Crippen molar-refractivity contribution < 1.29 is 14.6 Å². The van der Waals surface area contributed by atoms with Crippen LogP contribution in [0.15, 0.2) is 18.2 Å². The minimum absolute atomic E-state index is 0.243. The van der Waals surface area contributed by atoms with Crippen LogP contribution in [0.4, 0.5) is 4.79 Å². The Bertz CT molecular complexity index is 461. The SMILES string of the molecule is CC(C)c1c(O)cccc1CCNC(=O)OC(C)(C)C. The Morgan fingerprint density at radius 1 is 1.35 bits per heavy atom. The average Bonchev–Trinajstić information content (AvgIpc) is 2.25. The number of phenolic OH excluding ortho intramolecular Hbond substituents is 1. The Balaban J connectivity index is 2.59. The van der Waals surface area contributed by atoms with Gasteiger partial charge in [-0.25, -0.2) is 4.79 Å². The van der Waals surface area contributed by atoms with E-state index in [4.69, 9.17) is 4.74 Å². The summed E-state index contributed by atoms with van der Waals surface area (Å²) in [4.78, 5) is 11.6. The lowest BCUT2D eigenvalue weighted by Gasteiger charge is -2.20. The molecule has 112 valence electrons. The number of carbonyl (C=O) groups is 1. The number of rotatable bonds is 4. The molecule has 20 heavy (non-hydrogen) atoms. The molecule has 0 bridgehead atoms. The molecule has 4 nitrogen and oxygen atoms in total. The molecule has 2 N–H and O–H groups in total. The van der Waals surface area contributed by atoms with Gasteiger partial charge in [-0.05, 0) is 50.3 Å². The van der Waals surface area contributed by atoms with Gasteiger partial charge in [0.2, 0.25) is 0 Å². The first-order chi connectivity index (χ1) is 9.20. The largest absolute Gasteiger partial charge is 0.508 e. The zero-order valence-electron chi connectivity index (χ0n) is 13.0. The van der Waals surface area contributed by atoms with E-state index in [1.165, 1.54) is 0 Å². The summed E-state index contributed by atoms with van der Waals surface area (Å²) in [5.74, 6) is 0.558. The second kappa shape index (κ2) is 6.64. The normalized spacial score (nSPS) is 11.5. The van der Waals surface area contributed by atoms with Gasteiger partial charge in [0.05, 0.1) is 0 Å². The molecular weight excluding hydrogens is 254 g/mol. The summed E-state index contributed by atoms with van der Waals surface area (Å²) < 4.78 is 5.18. The number of hydrogen-bond acceptors (Lipinski definition) is 3. The monoisotopic (exact) mass is 279 g/mol. The summed E-state index contributed by atoms with van der Waals surface area (Å²) in [7, 11) is 0. The molecule has 0 fully saturated rings. The van der Waals surface area contributed by atoms with Crippen LogP contribution in [0.1, 0.15) is 51.7 Å². The fourth-order valence-corrected chi connectivity index (χ4v) is 2.10. The van der Waals surface area contributed by atoms with E-state index in [1.807, 2.05) is 46.8 Å². The highest BCUT2D eigenvalue weighted by molar-refractivity contribution is 5.67. The van der Waals surface area contributed by atoms with Crippen LogP contribution in [0.2, 0.25) is 0 Å². The lowest BCUT2D eigenvalue weighted by atomic mass is 9.94. The number of hydrogen-bond donors (Lipinski definition) is 2. The molecule has 0 saturated carbocycles. The topological polar surface area (TPSA) is 58.6 Å². The minimum Gasteiger partial charge on any atom is -0.508 e. The maximum Gasteiger partial charge on any atom is 0.407 e. The van der Waals surface area contributed by atoms with Gasteiger partial charge in [0.25, 0.3) is 0 Å². The van der Waals surface area contributed by atoms with E-state index in [2.05, 4.69) is 5.32 Å². The Kier molecular flexibility index (Phi) is 5.43. The van der Waals surface area contributed by atoms with Crippen molar-refractivity contribution in [3.63, 3.8) is 0 Å². The number of amides is 1. The van der Waals surface area contributed by atoms with E-state index < -0.39 is 11.7 Å². The van der Waals surface area contributed by atoms with E-state index in [-0.39, 0.29) is 5.92 Å². The molecule has 0 radical (unpaired) electrons. The summed E-state index contributed by atoms with van der Waals surface area (Å²) in [6, 6.07) is 5.50. The number of alkyl carbamates (subject to hydrolysis) is 1. The van der Waals surface area contributed by atoms with Crippen LogP contribution in [-0.2, 0) is 11.2 Å².